The van der Waals surface area contributed by atoms with Crippen LogP contribution in [-0.4, -0.2) is 29.1 Å². The lowest BCUT2D eigenvalue weighted by molar-refractivity contribution is 0.507. The first-order valence-electron chi connectivity index (χ1n) is 4.23. The van der Waals surface area contributed by atoms with E-state index in [-0.39, 0.29) is 36.4 Å². The molecular formula is C8H14Cl2N4O. The van der Waals surface area contributed by atoms with Crippen molar-refractivity contribution in [1.29, 1.82) is 0 Å². The molecule has 1 aromatic heterocycles. The van der Waals surface area contributed by atoms with E-state index in [4.69, 9.17) is 5.73 Å². The molecule has 1 fully saturated rings. The van der Waals surface area contributed by atoms with Crippen LogP contribution in [0.4, 0.5) is 5.95 Å². The summed E-state index contributed by atoms with van der Waals surface area (Å²) in [6.07, 6.45) is 0. The number of H-pyrrole nitrogens is 1. The van der Waals surface area contributed by atoms with Crippen LogP contribution in [0, 0.1) is 6.92 Å². The third-order valence-electron chi connectivity index (χ3n) is 2.07. The number of hydrogen-bond donors (Lipinski definition) is 2. The van der Waals surface area contributed by atoms with Crippen molar-refractivity contribution >= 4 is 30.8 Å². The summed E-state index contributed by atoms with van der Waals surface area (Å²) < 4.78 is 0. The molecule has 15 heavy (non-hydrogen) atoms. The van der Waals surface area contributed by atoms with Crippen LogP contribution in [0.1, 0.15) is 5.69 Å². The van der Waals surface area contributed by atoms with Gasteiger partial charge in [-0.15, -0.1) is 24.8 Å². The Kier molecular flexibility index (Phi) is 5.07. The van der Waals surface area contributed by atoms with Crippen molar-refractivity contribution in [1.82, 2.24) is 9.97 Å². The molecule has 1 aliphatic heterocycles. The number of halogens is 2. The van der Waals surface area contributed by atoms with Gasteiger partial charge in [-0.25, -0.2) is 4.98 Å². The lowest BCUT2D eigenvalue weighted by Gasteiger charge is -2.37. The Balaban J connectivity index is 0.000000980. The first kappa shape index (κ1) is 14.2. The summed E-state index contributed by atoms with van der Waals surface area (Å²) in [6, 6.07) is 1.69. The van der Waals surface area contributed by atoms with Gasteiger partial charge in [0.05, 0.1) is 0 Å². The van der Waals surface area contributed by atoms with Gasteiger partial charge >= 0.3 is 0 Å². The van der Waals surface area contributed by atoms with Gasteiger partial charge in [0.1, 0.15) is 0 Å². The quantitative estimate of drug-likeness (QED) is 0.742. The molecule has 86 valence electrons. The van der Waals surface area contributed by atoms with Gasteiger partial charge in [0.15, 0.2) is 0 Å². The number of anilines is 1. The van der Waals surface area contributed by atoms with Gasteiger partial charge in [0.25, 0.3) is 5.56 Å². The fourth-order valence-corrected chi connectivity index (χ4v) is 1.40. The molecule has 0 amide bonds. The highest BCUT2D eigenvalue weighted by Gasteiger charge is 2.24. The summed E-state index contributed by atoms with van der Waals surface area (Å²) in [4.78, 5) is 19.9. The third-order valence-corrected chi connectivity index (χ3v) is 2.07. The molecule has 0 spiro atoms. The van der Waals surface area contributed by atoms with E-state index < -0.39 is 0 Å². The largest absolute Gasteiger partial charge is 0.339 e. The van der Waals surface area contributed by atoms with Crippen LogP contribution in [0.5, 0.6) is 0 Å². The Bertz CT molecular complexity index is 375. The Morgan fingerprint density at radius 1 is 1.53 bits per heavy atom. The number of aromatic amines is 1. The first-order valence-corrected chi connectivity index (χ1v) is 4.23. The summed E-state index contributed by atoms with van der Waals surface area (Å²) in [5.41, 5.74) is 6.25. The summed E-state index contributed by atoms with van der Waals surface area (Å²) >= 11 is 0. The second kappa shape index (κ2) is 5.34. The fraction of sp³-hybridized carbons (Fsp3) is 0.500. The van der Waals surface area contributed by atoms with E-state index in [1.54, 1.807) is 6.92 Å². The standard InChI is InChI=1S/C8H12N4O.2ClH/c1-5-2-7(13)11-8(10-5)12-3-6(9)4-12;;/h2,6H,3-4,9H2,1H3,(H,10,11,13);2*1H. The monoisotopic (exact) mass is 252 g/mol. The zero-order valence-electron chi connectivity index (χ0n) is 8.27. The first-order chi connectivity index (χ1) is 6.15. The highest BCUT2D eigenvalue weighted by Crippen LogP contribution is 2.12. The van der Waals surface area contributed by atoms with E-state index >= 15 is 0 Å². The Labute approximate surface area is 99.9 Å². The van der Waals surface area contributed by atoms with Gasteiger partial charge in [0.2, 0.25) is 5.95 Å². The van der Waals surface area contributed by atoms with Crippen LogP contribution in [0.25, 0.3) is 0 Å². The summed E-state index contributed by atoms with van der Waals surface area (Å²) in [5.74, 6) is 0.631. The average Bonchev–Trinajstić information content (AvgIpc) is 1.96. The van der Waals surface area contributed by atoms with E-state index in [9.17, 15) is 4.79 Å². The number of nitrogens with two attached hydrogens (primary N) is 1. The number of nitrogens with zero attached hydrogens (tertiary/aromatic N) is 2. The molecule has 5 nitrogen and oxygen atoms in total. The van der Waals surface area contributed by atoms with Gasteiger partial charge in [-0.1, -0.05) is 0 Å². The number of nitrogens with one attached hydrogen (secondary N) is 1. The van der Waals surface area contributed by atoms with Crippen LogP contribution < -0.4 is 16.2 Å². The molecule has 0 aromatic carbocycles. The molecule has 1 aliphatic rings. The van der Waals surface area contributed by atoms with Crippen molar-refractivity contribution in [2.75, 3.05) is 18.0 Å². The SMILES string of the molecule is Cc1cc(=O)[nH]c(N2CC(N)C2)n1.Cl.Cl. The van der Waals surface area contributed by atoms with Crippen LogP contribution >= 0.6 is 24.8 Å². The second-order valence-electron chi connectivity index (χ2n) is 3.38. The zero-order valence-corrected chi connectivity index (χ0v) is 9.90. The highest BCUT2D eigenvalue weighted by molar-refractivity contribution is 5.85. The van der Waals surface area contributed by atoms with E-state index in [1.165, 1.54) is 6.07 Å². The topological polar surface area (TPSA) is 75.0 Å². The Morgan fingerprint density at radius 2 is 2.13 bits per heavy atom. The van der Waals surface area contributed by atoms with Crippen molar-refractivity contribution < 1.29 is 0 Å². The molecular weight excluding hydrogens is 239 g/mol. The number of hydrogen-bond acceptors (Lipinski definition) is 4. The van der Waals surface area contributed by atoms with Crippen molar-refractivity contribution in [3.63, 3.8) is 0 Å². The van der Waals surface area contributed by atoms with Gasteiger partial charge in [-0.2, -0.15) is 0 Å². The highest BCUT2D eigenvalue weighted by atomic mass is 35.5. The minimum atomic E-state index is -0.108. The van der Waals surface area contributed by atoms with E-state index in [0.717, 1.165) is 18.8 Å². The van der Waals surface area contributed by atoms with Gasteiger partial charge in [-0.3, -0.25) is 9.78 Å². The molecule has 1 aromatic rings. The van der Waals surface area contributed by atoms with Crippen LogP contribution in [0.2, 0.25) is 0 Å². The smallest absolute Gasteiger partial charge is 0.252 e. The van der Waals surface area contributed by atoms with Crippen molar-refractivity contribution in [3.8, 4) is 0 Å². The van der Waals surface area contributed by atoms with Crippen molar-refractivity contribution in [2.24, 2.45) is 5.73 Å². The zero-order chi connectivity index (χ0) is 9.42. The van der Waals surface area contributed by atoms with E-state index in [0.29, 0.717) is 5.95 Å². The summed E-state index contributed by atoms with van der Waals surface area (Å²) in [6.45, 7) is 3.34. The minimum absolute atomic E-state index is 0. The number of aryl methyl sites for hydroxylation is 1. The maximum atomic E-state index is 11.1. The molecule has 0 aliphatic carbocycles. The predicted octanol–water partition coefficient (Wildman–Crippen LogP) is 0.0692. The number of aromatic nitrogens is 2. The maximum Gasteiger partial charge on any atom is 0.252 e. The molecule has 3 N–H and O–H groups in total. The normalized spacial score (nSPS) is 14.9. The molecule has 2 rings (SSSR count). The van der Waals surface area contributed by atoms with Crippen LogP contribution in [0.3, 0.4) is 0 Å². The minimum Gasteiger partial charge on any atom is -0.339 e. The van der Waals surface area contributed by atoms with Gasteiger partial charge < -0.3 is 10.6 Å². The molecule has 0 saturated carbocycles. The van der Waals surface area contributed by atoms with Gasteiger partial charge in [0, 0.05) is 30.9 Å². The van der Waals surface area contributed by atoms with E-state index in [2.05, 4.69) is 9.97 Å². The van der Waals surface area contributed by atoms with E-state index in [1.807, 2.05) is 4.90 Å². The van der Waals surface area contributed by atoms with Crippen LogP contribution in [-0.2, 0) is 0 Å². The van der Waals surface area contributed by atoms with Crippen molar-refractivity contribution in [3.05, 3.63) is 22.1 Å². The fourth-order valence-electron chi connectivity index (χ4n) is 1.40. The maximum absolute atomic E-state index is 11.1. The molecule has 1 saturated heterocycles. The number of rotatable bonds is 1. The van der Waals surface area contributed by atoms with Crippen molar-refractivity contribution in [2.45, 2.75) is 13.0 Å². The molecule has 7 heteroatoms. The molecule has 0 atom stereocenters. The lowest BCUT2D eigenvalue weighted by atomic mass is 10.1. The Morgan fingerprint density at radius 3 is 2.60 bits per heavy atom. The predicted molar refractivity (Wildman–Crippen MR) is 64.3 cm³/mol. The second-order valence-corrected chi connectivity index (χ2v) is 3.38. The lowest BCUT2D eigenvalue weighted by Crippen LogP contribution is -2.56. The van der Waals surface area contributed by atoms with Crippen LogP contribution in [0.15, 0.2) is 10.9 Å². The molecule has 0 unspecified atom stereocenters. The summed E-state index contributed by atoms with van der Waals surface area (Å²) in [7, 11) is 0. The third kappa shape index (κ3) is 3.09. The molecule has 0 bridgehead atoms. The Hall–Kier alpha value is -0.780. The van der Waals surface area contributed by atoms with Gasteiger partial charge in [-0.05, 0) is 6.92 Å². The summed E-state index contributed by atoms with van der Waals surface area (Å²) in [5, 5.41) is 0. The molecule has 0 radical (unpaired) electrons. The molecule has 2 heterocycles. The average molecular weight is 253 g/mol.